The number of carbonyl (C=O) groups is 1. The summed E-state index contributed by atoms with van der Waals surface area (Å²) in [4.78, 5) is 13.9. The van der Waals surface area contributed by atoms with E-state index in [0.29, 0.717) is 32.5 Å². The highest BCUT2D eigenvalue weighted by Gasteiger charge is 2.39. The van der Waals surface area contributed by atoms with Crippen molar-refractivity contribution >= 4 is 5.91 Å². The fourth-order valence-electron chi connectivity index (χ4n) is 3.14. The van der Waals surface area contributed by atoms with Crippen molar-refractivity contribution in [1.82, 2.24) is 20.4 Å². The predicted molar refractivity (Wildman–Crippen MR) is 79.7 cm³/mol. The van der Waals surface area contributed by atoms with Gasteiger partial charge in [-0.3, -0.25) is 9.69 Å². The number of carbonyl (C=O) groups excluding carboxylic acids is 1. The van der Waals surface area contributed by atoms with Crippen LogP contribution in [0.1, 0.15) is 43.4 Å². The molecule has 0 saturated carbocycles. The lowest BCUT2D eigenvalue weighted by Gasteiger charge is -2.29. The SMILES string of the molecule is O=C(CN1CCC(c2nnc(C(F)(F)F)o2)CC1)NC[C@H]1CCCO1. The molecule has 2 aliphatic heterocycles. The van der Waals surface area contributed by atoms with E-state index in [-0.39, 0.29) is 30.4 Å². The molecule has 0 aromatic carbocycles. The lowest BCUT2D eigenvalue weighted by molar-refractivity contribution is -0.157. The Morgan fingerprint density at radius 3 is 2.60 bits per heavy atom. The van der Waals surface area contributed by atoms with Crippen LogP contribution in [0.3, 0.4) is 0 Å². The maximum atomic E-state index is 12.5. The number of likely N-dealkylation sites (tertiary alicyclic amines) is 1. The standard InChI is InChI=1S/C15H21F3N4O3/c16-15(17,18)14-21-20-13(25-14)10-3-5-22(6-4-10)9-12(23)19-8-11-2-1-7-24-11/h10-11H,1-9H2,(H,19,23)/t11-/m1/s1. The molecule has 0 unspecified atom stereocenters. The van der Waals surface area contributed by atoms with Gasteiger partial charge in [0.15, 0.2) is 0 Å². The first-order chi connectivity index (χ1) is 11.9. The third kappa shape index (κ3) is 4.91. The number of hydrogen-bond acceptors (Lipinski definition) is 6. The van der Waals surface area contributed by atoms with Gasteiger partial charge < -0.3 is 14.5 Å². The molecule has 1 aromatic rings. The van der Waals surface area contributed by atoms with Crippen LogP contribution in [0.2, 0.25) is 0 Å². The second kappa shape index (κ2) is 7.69. The number of amides is 1. The van der Waals surface area contributed by atoms with Crippen LogP contribution in [0, 0.1) is 0 Å². The molecule has 2 fully saturated rings. The lowest BCUT2D eigenvalue weighted by atomic mass is 9.97. The molecule has 1 aromatic heterocycles. The molecule has 10 heteroatoms. The van der Waals surface area contributed by atoms with E-state index in [4.69, 9.17) is 9.15 Å². The molecular weight excluding hydrogens is 341 g/mol. The molecule has 0 bridgehead atoms. The number of ether oxygens (including phenoxy) is 1. The normalized spacial score (nSPS) is 23.1. The van der Waals surface area contributed by atoms with Crippen molar-refractivity contribution in [1.29, 1.82) is 0 Å². The second-order valence-electron chi connectivity index (χ2n) is 6.43. The van der Waals surface area contributed by atoms with Crippen LogP contribution in [0.25, 0.3) is 0 Å². The highest BCUT2D eigenvalue weighted by Crippen LogP contribution is 2.32. The average Bonchev–Trinajstić information content (AvgIpc) is 3.25. The number of hydrogen-bond donors (Lipinski definition) is 1. The molecule has 1 atom stereocenters. The summed E-state index contributed by atoms with van der Waals surface area (Å²) in [5.74, 6) is -1.55. The van der Waals surface area contributed by atoms with Crippen molar-refractivity contribution < 1.29 is 27.1 Å². The molecule has 0 radical (unpaired) electrons. The molecule has 3 heterocycles. The largest absolute Gasteiger partial charge is 0.470 e. The van der Waals surface area contributed by atoms with Crippen LogP contribution < -0.4 is 5.32 Å². The fraction of sp³-hybridized carbons (Fsp3) is 0.800. The van der Waals surface area contributed by atoms with Crippen LogP contribution in [-0.4, -0.2) is 59.9 Å². The molecule has 0 spiro atoms. The van der Waals surface area contributed by atoms with Gasteiger partial charge in [0.2, 0.25) is 11.8 Å². The molecule has 140 valence electrons. The topological polar surface area (TPSA) is 80.5 Å². The summed E-state index contributed by atoms with van der Waals surface area (Å²) in [5.41, 5.74) is 0. The highest BCUT2D eigenvalue weighted by molar-refractivity contribution is 5.78. The van der Waals surface area contributed by atoms with E-state index >= 15 is 0 Å². The van der Waals surface area contributed by atoms with E-state index in [1.54, 1.807) is 0 Å². The van der Waals surface area contributed by atoms with Gasteiger partial charge in [0.25, 0.3) is 0 Å². The summed E-state index contributed by atoms with van der Waals surface area (Å²) in [6.07, 6.45) is -1.35. The minimum Gasteiger partial charge on any atom is -0.417 e. The maximum absolute atomic E-state index is 12.5. The van der Waals surface area contributed by atoms with Crippen molar-refractivity contribution in [2.45, 2.75) is 43.9 Å². The zero-order valence-corrected chi connectivity index (χ0v) is 13.7. The Balaban J connectivity index is 1.40. The third-order valence-corrected chi connectivity index (χ3v) is 4.54. The van der Waals surface area contributed by atoms with Crippen LogP contribution >= 0.6 is 0 Å². The summed E-state index contributed by atoms with van der Waals surface area (Å²) in [7, 11) is 0. The van der Waals surface area contributed by atoms with Crippen molar-refractivity contribution in [2.24, 2.45) is 0 Å². The van der Waals surface area contributed by atoms with Gasteiger partial charge in [-0.05, 0) is 38.8 Å². The van der Waals surface area contributed by atoms with Gasteiger partial charge in [-0.1, -0.05) is 0 Å². The average molecular weight is 362 g/mol. The molecule has 7 nitrogen and oxygen atoms in total. The second-order valence-corrected chi connectivity index (χ2v) is 6.43. The minimum atomic E-state index is -4.62. The Morgan fingerprint density at radius 1 is 1.24 bits per heavy atom. The summed E-state index contributed by atoms with van der Waals surface area (Å²) < 4.78 is 47.7. The van der Waals surface area contributed by atoms with Crippen molar-refractivity contribution in [2.75, 3.05) is 32.8 Å². The molecule has 1 amide bonds. The van der Waals surface area contributed by atoms with E-state index in [1.807, 2.05) is 4.90 Å². The first-order valence-corrected chi connectivity index (χ1v) is 8.43. The zero-order valence-electron chi connectivity index (χ0n) is 13.7. The number of rotatable bonds is 5. The first-order valence-electron chi connectivity index (χ1n) is 8.43. The van der Waals surface area contributed by atoms with E-state index in [2.05, 4.69) is 15.5 Å². The van der Waals surface area contributed by atoms with E-state index in [9.17, 15) is 18.0 Å². The van der Waals surface area contributed by atoms with Crippen LogP contribution in [0.15, 0.2) is 4.42 Å². The summed E-state index contributed by atoms with van der Waals surface area (Å²) in [6.45, 7) is 2.75. The van der Waals surface area contributed by atoms with Crippen molar-refractivity contribution in [3.8, 4) is 0 Å². The lowest BCUT2D eigenvalue weighted by Crippen LogP contribution is -2.43. The molecule has 2 aliphatic rings. The first kappa shape index (κ1) is 18.1. The number of alkyl halides is 3. The third-order valence-electron chi connectivity index (χ3n) is 4.54. The van der Waals surface area contributed by atoms with Crippen molar-refractivity contribution in [3.63, 3.8) is 0 Å². The van der Waals surface area contributed by atoms with Gasteiger partial charge >= 0.3 is 12.1 Å². The van der Waals surface area contributed by atoms with Gasteiger partial charge in [0.1, 0.15) is 0 Å². The number of nitrogens with zero attached hydrogens (tertiary/aromatic N) is 3. The summed E-state index contributed by atoms with van der Waals surface area (Å²) in [5, 5.41) is 9.44. The van der Waals surface area contributed by atoms with E-state index in [0.717, 1.165) is 19.4 Å². The Morgan fingerprint density at radius 2 is 2.00 bits per heavy atom. The smallest absolute Gasteiger partial charge is 0.417 e. The van der Waals surface area contributed by atoms with Gasteiger partial charge in [-0.15, -0.1) is 10.2 Å². The summed E-state index contributed by atoms with van der Waals surface area (Å²) in [6, 6.07) is 0. The Bertz CT molecular complexity index is 579. The Hall–Kier alpha value is -1.68. The van der Waals surface area contributed by atoms with Gasteiger partial charge in [0.05, 0.1) is 12.6 Å². The minimum absolute atomic E-state index is 0.0230. The molecule has 25 heavy (non-hydrogen) atoms. The quantitative estimate of drug-likeness (QED) is 0.856. The number of aromatic nitrogens is 2. The highest BCUT2D eigenvalue weighted by atomic mass is 19.4. The number of halogens is 3. The fourth-order valence-corrected chi connectivity index (χ4v) is 3.14. The monoisotopic (exact) mass is 362 g/mol. The molecular formula is C15H21F3N4O3. The van der Waals surface area contributed by atoms with E-state index < -0.39 is 12.1 Å². The number of nitrogens with one attached hydrogen (secondary N) is 1. The maximum Gasteiger partial charge on any atom is 0.470 e. The molecule has 0 aliphatic carbocycles. The predicted octanol–water partition coefficient (Wildman–Crippen LogP) is 1.56. The zero-order chi connectivity index (χ0) is 17.9. The van der Waals surface area contributed by atoms with Crippen LogP contribution in [-0.2, 0) is 15.7 Å². The van der Waals surface area contributed by atoms with Crippen molar-refractivity contribution in [3.05, 3.63) is 11.8 Å². The molecule has 1 N–H and O–H groups in total. The van der Waals surface area contributed by atoms with Gasteiger partial charge in [-0.2, -0.15) is 13.2 Å². The van der Waals surface area contributed by atoms with Gasteiger partial charge in [0, 0.05) is 19.1 Å². The molecule has 2 saturated heterocycles. The van der Waals surface area contributed by atoms with Crippen LogP contribution in [0.5, 0.6) is 0 Å². The molecule has 3 rings (SSSR count). The van der Waals surface area contributed by atoms with Gasteiger partial charge in [-0.25, -0.2) is 0 Å². The Labute approximate surface area is 142 Å². The number of piperidine rings is 1. The van der Waals surface area contributed by atoms with Crippen LogP contribution in [0.4, 0.5) is 13.2 Å². The van der Waals surface area contributed by atoms with E-state index in [1.165, 1.54) is 0 Å². The summed E-state index contributed by atoms with van der Waals surface area (Å²) >= 11 is 0. The Kier molecular flexibility index (Phi) is 5.57.